The minimum atomic E-state index is -0.366. The third-order valence-electron chi connectivity index (χ3n) is 4.77. The quantitative estimate of drug-likeness (QED) is 0.699. The lowest BCUT2D eigenvalue weighted by Crippen LogP contribution is -2.17. The van der Waals surface area contributed by atoms with Gasteiger partial charge in [0, 0.05) is 4.88 Å². The Bertz CT molecular complexity index is 830. The lowest BCUT2D eigenvalue weighted by molar-refractivity contribution is 0.0526. The number of esters is 1. The van der Waals surface area contributed by atoms with E-state index in [1.165, 1.54) is 16.2 Å². The van der Waals surface area contributed by atoms with Crippen molar-refractivity contribution in [3.8, 4) is 0 Å². The van der Waals surface area contributed by atoms with Gasteiger partial charge in [0.15, 0.2) is 0 Å². The Morgan fingerprint density at radius 3 is 2.77 bits per heavy atom. The van der Waals surface area contributed by atoms with Crippen molar-refractivity contribution in [3.05, 3.63) is 50.9 Å². The largest absolute Gasteiger partial charge is 0.462 e. The number of anilines is 1. The Morgan fingerprint density at radius 1 is 1.31 bits per heavy atom. The summed E-state index contributed by atoms with van der Waals surface area (Å²) < 4.78 is 5.25. The standard InChI is InChI=1S/C20H22ClNO3S/c1-3-12-9-10-14-16(11-12)26-19(17(14)20(24)25-4-2)22-18(23)13-7-5-6-8-15(13)21/h5-8,12H,3-4,9-11H2,1-2H3,(H,22,23)/t12-/m0/s1. The molecule has 1 N–H and O–H groups in total. The number of nitrogens with one attached hydrogen (secondary N) is 1. The van der Waals surface area contributed by atoms with Gasteiger partial charge < -0.3 is 10.1 Å². The smallest absolute Gasteiger partial charge is 0.341 e. The molecule has 0 fully saturated rings. The SMILES string of the molecule is CCOC(=O)c1c(NC(=O)c2ccccc2Cl)sc2c1CC[C@H](CC)C2. The lowest BCUT2D eigenvalue weighted by Gasteiger charge is -2.20. The number of carbonyl (C=O) groups is 2. The highest BCUT2D eigenvalue weighted by molar-refractivity contribution is 7.17. The average Bonchev–Trinajstić information content (AvgIpc) is 2.98. The highest BCUT2D eigenvalue weighted by Gasteiger charge is 2.30. The van der Waals surface area contributed by atoms with E-state index < -0.39 is 0 Å². The summed E-state index contributed by atoms with van der Waals surface area (Å²) in [7, 11) is 0. The van der Waals surface area contributed by atoms with Gasteiger partial charge in [-0.25, -0.2) is 4.79 Å². The summed E-state index contributed by atoms with van der Waals surface area (Å²) in [6.07, 6.45) is 3.98. The molecule has 26 heavy (non-hydrogen) atoms. The maximum absolute atomic E-state index is 12.7. The summed E-state index contributed by atoms with van der Waals surface area (Å²) in [5.74, 6) is -0.0514. The number of thiophene rings is 1. The van der Waals surface area contributed by atoms with E-state index in [-0.39, 0.29) is 11.9 Å². The predicted molar refractivity (Wildman–Crippen MR) is 105 cm³/mol. The minimum Gasteiger partial charge on any atom is -0.462 e. The molecule has 1 aliphatic carbocycles. The second-order valence-corrected chi connectivity index (χ2v) is 7.89. The van der Waals surface area contributed by atoms with E-state index in [0.29, 0.717) is 33.7 Å². The fourth-order valence-corrected chi connectivity index (χ4v) is 4.89. The Balaban J connectivity index is 1.95. The van der Waals surface area contributed by atoms with E-state index in [4.69, 9.17) is 16.3 Å². The van der Waals surface area contributed by atoms with Crippen LogP contribution in [0.2, 0.25) is 5.02 Å². The van der Waals surface area contributed by atoms with Gasteiger partial charge in [-0.2, -0.15) is 0 Å². The summed E-state index contributed by atoms with van der Waals surface area (Å²) in [5.41, 5.74) is 1.94. The fourth-order valence-electron chi connectivity index (χ4n) is 3.33. The van der Waals surface area contributed by atoms with Crippen molar-refractivity contribution in [1.82, 2.24) is 0 Å². The summed E-state index contributed by atoms with van der Waals surface area (Å²) in [6.45, 7) is 4.28. The van der Waals surface area contributed by atoms with E-state index in [1.807, 2.05) is 0 Å². The van der Waals surface area contributed by atoms with Crippen LogP contribution in [0.15, 0.2) is 24.3 Å². The topological polar surface area (TPSA) is 55.4 Å². The number of benzene rings is 1. The zero-order valence-electron chi connectivity index (χ0n) is 14.9. The zero-order chi connectivity index (χ0) is 18.7. The van der Waals surface area contributed by atoms with E-state index >= 15 is 0 Å². The molecule has 1 aromatic carbocycles. The third-order valence-corrected chi connectivity index (χ3v) is 6.27. The van der Waals surface area contributed by atoms with Crippen LogP contribution in [0.1, 0.15) is 57.8 Å². The summed E-state index contributed by atoms with van der Waals surface area (Å²) >= 11 is 7.62. The summed E-state index contributed by atoms with van der Waals surface area (Å²) in [4.78, 5) is 26.4. The molecular weight excluding hydrogens is 370 g/mol. The Hall–Kier alpha value is -1.85. The van der Waals surface area contributed by atoms with E-state index in [9.17, 15) is 9.59 Å². The maximum atomic E-state index is 12.7. The maximum Gasteiger partial charge on any atom is 0.341 e. The summed E-state index contributed by atoms with van der Waals surface area (Å²) in [6, 6.07) is 6.88. The van der Waals surface area contributed by atoms with Crippen LogP contribution < -0.4 is 5.32 Å². The number of hydrogen-bond donors (Lipinski definition) is 1. The van der Waals surface area contributed by atoms with Crippen LogP contribution in [-0.2, 0) is 17.6 Å². The lowest BCUT2D eigenvalue weighted by atomic mass is 9.85. The molecule has 0 spiro atoms. The van der Waals surface area contributed by atoms with Crippen LogP contribution >= 0.6 is 22.9 Å². The Labute approximate surface area is 162 Å². The van der Waals surface area contributed by atoms with E-state index in [2.05, 4.69) is 12.2 Å². The molecule has 0 saturated heterocycles. The normalized spacial score (nSPS) is 16.0. The molecule has 3 rings (SSSR count). The summed E-state index contributed by atoms with van der Waals surface area (Å²) in [5, 5.41) is 3.84. The van der Waals surface area contributed by atoms with Crippen molar-refractivity contribution in [2.75, 3.05) is 11.9 Å². The second-order valence-electron chi connectivity index (χ2n) is 6.38. The number of ether oxygens (including phenoxy) is 1. The number of halogens is 1. The van der Waals surface area contributed by atoms with Crippen LogP contribution in [0.4, 0.5) is 5.00 Å². The first-order valence-corrected chi connectivity index (χ1v) is 10.1. The van der Waals surface area contributed by atoms with Gasteiger partial charge in [0.25, 0.3) is 5.91 Å². The number of fused-ring (bicyclic) bond motifs is 1. The van der Waals surface area contributed by atoms with E-state index in [0.717, 1.165) is 31.2 Å². The van der Waals surface area contributed by atoms with Crippen molar-refractivity contribution in [1.29, 1.82) is 0 Å². The molecule has 0 bridgehead atoms. The molecule has 6 heteroatoms. The monoisotopic (exact) mass is 391 g/mol. The molecule has 4 nitrogen and oxygen atoms in total. The molecule has 1 heterocycles. The third kappa shape index (κ3) is 3.79. The molecule has 0 unspecified atom stereocenters. The number of carbonyl (C=O) groups excluding carboxylic acids is 2. The van der Waals surface area contributed by atoms with Crippen molar-refractivity contribution >= 4 is 39.8 Å². The van der Waals surface area contributed by atoms with Gasteiger partial charge in [-0.05, 0) is 49.8 Å². The Kier molecular flexibility index (Phi) is 5.99. The van der Waals surface area contributed by atoms with E-state index in [1.54, 1.807) is 31.2 Å². The minimum absolute atomic E-state index is 0.305. The first-order chi connectivity index (χ1) is 12.5. The molecule has 0 radical (unpaired) electrons. The van der Waals surface area contributed by atoms with Gasteiger partial charge in [0.1, 0.15) is 5.00 Å². The molecule has 1 atom stereocenters. The van der Waals surface area contributed by atoms with Gasteiger partial charge in [0.05, 0.1) is 22.8 Å². The first kappa shape index (κ1) is 18.9. The van der Waals surface area contributed by atoms with Crippen molar-refractivity contribution in [2.45, 2.75) is 39.5 Å². The molecule has 138 valence electrons. The Morgan fingerprint density at radius 2 is 2.08 bits per heavy atom. The van der Waals surface area contributed by atoms with Crippen LogP contribution in [0.3, 0.4) is 0 Å². The van der Waals surface area contributed by atoms with Crippen molar-refractivity contribution in [3.63, 3.8) is 0 Å². The molecule has 1 aliphatic rings. The molecule has 1 amide bonds. The van der Waals surface area contributed by atoms with Crippen LogP contribution in [0.5, 0.6) is 0 Å². The van der Waals surface area contributed by atoms with Crippen molar-refractivity contribution < 1.29 is 14.3 Å². The highest BCUT2D eigenvalue weighted by atomic mass is 35.5. The van der Waals surface area contributed by atoms with Crippen LogP contribution in [0.25, 0.3) is 0 Å². The zero-order valence-corrected chi connectivity index (χ0v) is 16.5. The van der Waals surface area contributed by atoms with Crippen LogP contribution in [-0.4, -0.2) is 18.5 Å². The van der Waals surface area contributed by atoms with Crippen molar-refractivity contribution in [2.24, 2.45) is 5.92 Å². The molecule has 1 aromatic heterocycles. The number of amides is 1. The molecular formula is C20H22ClNO3S. The van der Waals surface area contributed by atoms with Gasteiger partial charge in [-0.3, -0.25) is 4.79 Å². The number of rotatable bonds is 5. The van der Waals surface area contributed by atoms with Gasteiger partial charge >= 0.3 is 5.97 Å². The van der Waals surface area contributed by atoms with Gasteiger partial charge in [-0.15, -0.1) is 11.3 Å². The van der Waals surface area contributed by atoms with Gasteiger partial charge in [-0.1, -0.05) is 37.1 Å². The van der Waals surface area contributed by atoms with Gasteiger partial charge in [0.2, 0.25) is 0 Å². The highest BCUT2D eigenvalue weighted by Crippen LogP contribution is 2.41. The first-order valence-electron chi connectivity index (χ1n) is 8.92. The second kappa shape index (κ2) is 8.23. The molecule has 2 aromatic rings. The number of hydrogen-bond acceptors (Lipinski definition) is 4. The van der Waals surface area contributed by atoms with Crippen LogP contribution in [0, 0.1) is 5.92 Å². The predicted octanol–water partition coefficient (Wildman–Crippen LogP) is 5.35. The molecule has 0 aliphatic heterocycles. The molecule has 0 saturated carbocycles. The fraction of sp³-hybridized carbons (Fsp3) is 0.400. The average molecular weight is 392 g/mol.